The van der Waals surface area contributed by atoms with Gasteiger partial charge in [0, 0.05) is 0 Å². The highest BCUT2D eigenvalue weighted by molar-refractivity contribution is 7.92. The first-order valence-corrected chi connectivity index (χ1v) is 12.4. The number of halogens is 1. The molecule has 0 aliphatic carbocycles. The van der Waals surface area contributed by atoms with Crippen molar-refractivity contribution in [3.05, 3.63) is 89.2 Å². The summed E-state index contributed by atoms with van der Waals surface area (Å²) in [5, 5.41) is 2.89. The van der Waals surface area contributed by atoms with Crippen LogP contribution in [0, 0.1) is 19.7 Å². The zero-order valence-electron chi connectivity index (χ0n) is 19.7. The van der Waals surface area contributed by atoms with Crippen LogP contribution in [0.1, 0.15) is 36.6 Å². The van der Waals surface area contributed by atoms with Crippen LogP contribution in [0.25, 0.3) is 0 Å². The summed E-state index contributed by atoms with van der Waals surface area (Å²) >= 11 is 0. The number of aryl methyl sites for hydroxylation is 2. The maximum atomic E-state index is 13.4. The Morgan fingerprint density at radius 2 is 1.68 bits per heavy atom. The van der Waals surface area contributed by atoms with Gasteiger partial charge in [0.1, 0.15) is 18.1 Å². The Balaban J connectivity index is 1.90. The van der Waals surface area contributed by atoms with Gasteiger partial charge in [0.15, 0.2) is 0 Å². The molecule has 180 valence electrons. The van der Waals surface area contributed by atoms with Crippen molar-refractivity contribution in [3.8, 4) is 5.75 Å². The minimum absolute atomic E-state index is 0.113. The van der Waals surface area contributed by atoms with Gasteiger partial charge in [-0.2, -0.15) is 0 Å². The molecule has 0 fully saturated rings. The van der Waals surface area contributed by atoms with E-state index in [9.17, 15) is 17.6 Å². The molecule has 34 heavy (non-hydrogen) atoms. The largest absolute Gasteiger partial charge is 0.494 e. The van der Waals surface area contributed by atoms with Crippen LogP contribution in [0.3, 0.4) is 0 Å². The number of nitrogens with one attached hydrogen (secondary N) is 1. The lowest BCUT2D eigenvalue weighted by Gasteiger charge is -2.25. The molecule has 6 nitrogen and oxygen atoms in total. The van der Waals surface area contributed by atoms with E-state index in [1.807, 2.05) is 45.9 Å². The lowest BCUT2D eigenvalue weighted by Crippen LogP contribution is -2.41. The molecular formula is C26H29FN2O4S. The molecule has 1 amide bonds. The van der Waals surface area contributed by atoms with E-state index in [0.29, 0.717) is 18.0 Å². The molecule has 0 spiro atoms. The summed E-state index contributed by atoms with van der Waals surface area (Å²) in [6.07, 6.45) is 0. The van der Waals surface area contributed by atoms with Crippen molar-refractivity contribution in [3.63, 3.8) is 0 Å². The Morgan fingerprint density at radius 1 is 1.03 bits per heavy atom. The van der Waals surface area contributed by atoms with Crippen LogP contribution in [-0.2, 0) is 14.8 Å². The zero-order chi connectivity index (χ0) is 24.9. The van der Waals surface area contributed by atoms with Crippen molar-refractivity contribution >= 4 is 21.6 Å². The van der Waals surface area contributed by atoms with E-state index in [2.05, 4.69) is 5.32 Å². The van der Waals surface area contributed by atoms with E-state index in [1.54, 1.807) is 24.3 Å². The predicted octanol–water partition coefficient (Wildman–Crippen LogP) is 4.91. The maximum absolute atomic E-state index is 13.4. The Morgan fingerprint density at radius 3 is 2.26 bits per heavy atom. The number of amides is 1. The molecular weight excluding hydrogens is 455 g/mol. The number of carbonyl (C=O) groups is 1. The molecule has 1 unspecified atom stereocenters. The molecule has 0 aliphatic rings. The van der Waals surface area contributed by atoms with Crippen molar-refractivity contribution < 1.29 is 22.3 Å². The number of hydrogen-bond donors (Lipinski definition) is 1. The molecule has 8 heteroatoms. The summed E-state index contributed by atoms with van der Waals surface area (Å²) in [5.41, 5.74) is 3.40. The fourth-order valence-corrected chi connectivity index (χ4v) is 5.15. The molecule has 0 saturated heterocycles. The third kappa shape index (κ3) is 5.94. The Kier molecular flexibility index (Phi) is 7.94. The summed E-state index contributed by atoms with van der Waals surface area (Å²) in [7, 11) is -4.14. The molecule has 1 N–H and O–H groups in total. The van der Waals surface area contributed by atoms with Gasteiger partial charge in [0.05, 0.1) is 23.2 Å². The fraction of sp³-hybridized carbons (Fsp3) is 0.269. The van der Waals surface area contributed by atoms with Gasteiger partial charge in [-0.15, -0.1) is 0 Å². The van der Waals surface area contributed by atoms with Gasteiger partial charge in [0.2, 0.25) is 5.91 Å². The van der Waals surface area contributed by atoms with Crippen molar-refractivity contribution in [2.45, 2.75) is 38.6 Å². The van der Waals surface area contributed by atoms with Gasteiger partial charge in [-0.25, -0.2) is 12.8 Å². The summed E-state index contributed by atoms with van der Waals surface area (Å²) in [4.78, 5) is 12.9. The smallest absolute Gasteiger partial charge is 0.264 e. The number of benzene rings is 3. The molecule has 3 rings (SSSR count). The Hall–Kier alpha value is -3.39. The lowest BCUT2D eigenvalue weighted by molar-refractivity contribution is -0.120. The minimum Gasteiger partial charge on any atom is -0.494 e. The molecule has 0 saturated carbocycles. The van der Waals surface area contributed by atoms with E-state index in [0.717, 1.165) is 33.1 Å². The number of carbonyl (C=O) groups excluding carboxylic acids is 1. The molecule has 3 aromatic rings. The summed E-state index contributed by atoms with van der Waals surface area (Å²) < 4.78 is 46.7. The van der Waals surface area contributed by atoms with Crippen LogP contribution in [0.4, 0.5) is 10.1 Å². The molecule has 0 aliphatic heterocycles. The van der Waals surface area contributed by atoms with Crippen molar-refractivity contribution in [2.24, 2.45) is 0 Å². The third-order valence-corrected chi connectivity index (χ3v) is 7.18. The minimum atomic E-state index is -4.14. The van der Waals surface area contributed by atoms with Crippen molar-refractivity contribution in [2.75, 3.05) is 17.5 Å². The Labute approximate surface area is 200 Å². The first-order chi connectivity index (χ1) is 16.1. The first kappa shape index (κ1) is 25.2. The van der Waals surface area contributed by atoms with E-state index >= 15 is 0 Å². The maximum Gasteiger partial charge on any atom is 0.264 e. The van der Waals surface area contributed by atoms with E-state index in [-0.39, 0.29) is 10.9 Å². The van der Waals surface area contributed by atoms with Gasteiger partial charge >= 0.3 is 0 Å². The van der Waals surface area contributed by atoms with Gasteiger partial charge < -0.3 is 10.1 Å². The van der Waals surface area contributed by atoms with Crippen LogP contribution in [-0.4, -0.2) is 27.5 Å². The van der Waals surface area contributed by atoms with Crippen LogP contribution < -0.4 is 14.4 Å². The Bertz CT molecular complexity index is 1240. The highest BCUT2D eigenvalue weighted by atomic mass is 32.2. The molecule has 3 aromatic carbocycles. The van der Waals surface area contributed by atoms with Crippen molar-refractivity contribution in [1.82, 2.24) is 5.32 Å². The normalized spacial score (nSPS) is 12.1. The lowest BCUT2D eigenvalue weighted by atomic mass is 10.0. The summed E-state index contributed by atoms with van der Waals surface area (Å²) in [5.74, 6) is -0.433. The average molecular weight is 485 g/mol. The second-order valence-electron chi connectivity index (χ2n) is 8.04. The zero-order valence-corrected chi connectivity index (χ0v) is 20.5. The van der Waals surface area contributed by atoms with Gasteiger partial charge in [0.25, 0.3) is 10.0 Å². The topological polar surface area (TPSA) is 75.7 Å². The second-order valence-corrected chi connectivity index (χ2v) is 9.90. The van der Waals surface area contributed by atoms with Crippen LogP contribution >= 0.6 is 0 Å². The van der Waals surface area contributed by atoms with Crippen LogP contribution in [0.2, 0.25) is 0 Å². The van der Waals surface area contributed by atoms with Gasteiger partial charge in [-0.05, 0) is 87.4 Å². The van der Waals surface area contributed by atoms with Gasteiger partial charge in [-0.3, -0.25) is 9.10 Å². The molecule has 0 bridgehead atoms. The molecule has 0 heterocycles. The quantitative estimate of drug-likeness (QED) is 0.468. The molecule has 1 atom stereocenters. The number of sulfonamides is 1. The number of rotatable bonds is 9. The standard InChI is InChI=1S/C26H29FN2O4S/c1-5-33-23-11-9-22(10-12-23)29(34(31,32)24-13-7-21(27)8-14-24)17-26(30)28-20(4)25-15-6-18(2)16-19(25)3/h6-16,20H,5,17H2,1-4H3,(H,28,30). The summed E-state index contributed by atoms with van der Waals surface area (Å²) in [6.45, 7) is 7.69. The number of ether oxygens (including phenoxy) is 1. The summed E-state index contributed by atoms with van der Waals surface area (Å²) in [6, 6.07) is 16.6. The monoisotopic (exact) mass is 484 g/mol. The second kappa shape index (κ2) is 10.7. The number of nitrogens with zero attached hydrogens (tertiary/aromatic N) is 1. The highest BCUT2D eigenvalue weighted by Crippen LogP contribution is 2.26. The number of anilines is 1. The van der Waals surface area contributed by atoms with E-state index in [4.69, 9.17) is 4.74 Å². The first-order valence-electron chi connectivity index (χ1n) is 11.0. The van der Waals surface area contributed by atoms with Crippen LogP contribution in [0.15, 0.2) is 71.6 Å². The molecule has 0 radical (unpaired) electrons. The SMILES string of the molecule is CCOc1ccc(N(CC(=O)NC(C)c2ccc(C)cc2C)S(=O)(=O)c2ccc(F)cc2)cc1. The highest BCUT2D eigenvalue weighted by Gasteiger charge is 2.28. The molecule has 0 aromatic heterocycles. The van der Waals surface area contributed by atoms with E-state index < -0.39 is 28.3 Å². The third-order valence-electron chi connectivity index (χ3n) is 5.39. The van der Waals surface area contributed by atoms with Gasteiger partial charge in [-0.1, -0.05) is 23.8 Å². The van der Waals surface area contributed by atoms with E-state index in [1.165, 1.54) is 12.1 Å². The van der Waals surface area contributed by atoms with Crippen LogP contribution in [0.5, 0.6) is 5.75 Å². The average Bonchev–Trinajstić information content (AvgIpc) is 2.78. The van der Waals surface area contributed by atoms with Crippen molar-refractivity contribution in [1.29, 1.82) is 0 Å². The predicted molar refractivity (Wildman–Crippen MR) is 131 cm³/mol. The number of hydrogen-bond acceptors (Lipinski definition) is 4. The fourth-order valence-electron chi connectivity index (χ4n) is 3.73.